The van der Waals surface area contributed by atoms with E-state index in [4.69, 9.17) is 0 Å². The molecule has 2 N–H and O–H groups in total. The van der Waals surface area contributed by atoms with E-state index in [1.165, 1.54) is 0 Å². The van der Waals surface area contributed by atoms with E-state index >= 15 is 0 Å². The van der Waals surface area contributed by atoms with Crippen LogP contribution in [0.5, 0.6) is 0 Å². The molecular formula is C14H22N2O. The van der Waals surface area contributed by atoms with Crippen molar-refractivity contribution in [3.8, 4) is 0 Å². The van der Waals surface area contributed by atoms with Crippen LogP contribution in [0.1, 0.15) is 32.3 Å². The predicted molar refractivity (Wildman–Crippen MR) is 72.2 cm³/mol. The second-order valence-electron chi connectivity index (χ2n) is 4.42. The van der Waals surface area contributed by atoms with Gasteiger partial charge in [-0.3, -0.25) is 4.79 Å². The summed E-state index contributed by atoms with van der Waals surface area (Å²) in [6.45, 7) is 7.10. The summed E-state index contributed by atoms with van der Waals surface area (Å²) in [6.07, 6.45) is 1.60. The van der Waals surface area contributed by atoms with Gasteiger partial charge in [0.1, 0.15) is 0 Å². The Kier molecular flexibility index (Phi) is 5.70. The van der Waals surface area contributed by atoms with Crippen molar-refractivity contribution in [2.45, 2.75) is 39.7 Å². The van der Waals surface area contributed by atoms with E-state index in [2.05, 4.69) is 17.6 Å². The molecule has 0 aliphatic heterocycles. The quantitative estimate of drug-likeness (QED) is 0.794. The summed E-state index contributed by atoms with van der Waals surface area (Å²) < 4.78 is 0. The van der Waals surface area contributed by atoms with Crippen LogP contribution in [0.25, 0.3) is 0 Å². The molecule has 17 heavy (non-hydrogen) atoms. The second kappa shape index (κ2) is 7.07. The van der Waals surface area contributed by atoms with Gasteiger partial charge in [-0.2, -0.15) is 0 Å². The lowest BCUT2D eigenvalue weighted by Crippen LogP contribution is -2.31. The number of hydrogen-bond acceptors (Lipinski definition) is 2. The number of benzene rings is 1. The molecule has 0 saturated heterocycles. The second-order valence-corrected chi connectivity index (χ2v) is 4.42. The number of para-hydroxylation sites is 1. The molecule has 0 aromatic heterocycles. The number of nitrogens with one attached hydrogen (secondary N) is 2. The van der Waals surface area contributed by atoms with Crippen LogP contribution < -0.4 is 10.6 Å². The maximum Gasteiger partial charge on any atom is 0.225 e. The lowest BCUT2D eigenvalue weighted by molar-refractivity contribution is -0.116. The standard InChI is InChI=1S/C14H22N2O/c1-4-9-15-12(3)10-14(17)16-13-8-6-5-7-11(13)2/h5-8,12,15H,4,9-10H2,1-3H3,(H,16,17). The normalized spacial score (nSPS) is 12.2. The molecule has 3 heteroatoms. The average molecular weight is 234 g/mol. The number of carbonyl (C=O) groups is 1. The Hall–Kier alpha value is -1.35. The highest BCUT2D eigenvalue weighted by molar-refractivity contribution is 5.91. The Morgan fingerprint density at radius 1 is 1.35 bits per heavy atom. The smallest absolute Gasteiger partial charge is 0.225 e. The first-order valence-electron chi connectivity index (χ1n) is 6.22. The van der Waals surface area contributed by atoms with Gasteiger partial charge in [0, 0.05) is 18.2 Å². The van der Waals surface area contributed by atoms with E-state index < -0.39 is 0 Å². The summed E-state index contributed by atoms with van der Waals surface area (Å²) in [5, 5.41) is 6.24. The van der Waals surface area contributed by atoms with E-state index in [0.717, 1.165) is 24.2 Å². The fourth-order valence-corrected chi connectivity index (χ4v) is 1.66. The van der Waals surface area contributed by atoms with E-state index in [-0.39, 0.29) is 11.9 Å². The molecule has 1 atom stereocenters. The molecule has 0 fully saturated rings. The Bertz CT molecular complexity index is 363. The molecule has 1 rings (SSSR count). The molecule has 0 aliphatic carbocycles. The zero-order chi connectivity index (χ0) is 12.7. The van der Waals surface area contributed by atoms with Gasteiger partial charge in [0.2, 0.25) is 5.91 Å². The number of amides is 1. The molecule has 1 aromatic rings. The molecular weight excluding hydrogens is 212 g/mol. The van der Waals surface area contributed by atoms with Gasteiger partial charge in [-0.05, 0) is 38.4 Å². The van der Waals surface area contributed by atoms with Crippen molar-refractivity contribution in [1.82, 2.24) is 5.32 Å². The molecule has 1 aromatic carbocycles. The maximum atomic E-state index is 11.8. The van der Waals surface area contributed by atoms with Gasteiger partial charge in [-0.15, -0.1) is 0 Å². The van der Waals surface area contributed by atoms with Crippen LogP contribution in [-0.2, 0) is 4.79 Å². The minimum atomic E-state index is 0.0652. The molecule has 3 nitrogen and oxygen atoms in total. The van der Waals surface area contributed by atoms with Gasteiger partial charge in [0.25, 0.3) is 0 Å². The average Bonchev–Trinajstić information content (AvgIpc) is 2.29. The number of anilines is 1. The van der Waals surface area contributed by atoms with Crippen LogP contribution in [0.15, 0.2) is 24.3 Å². The summed E-state index contributed by atoms with van der Waals surface area (Å²) in [5.41, 5.74) is 2.00. The first-order chi connectivity index (χ1) is 8.13. The fourth-order valence-electron chi connectivity index (χ4n) is 1.66. The summed E-state index contributed by atoms with van der Waals surface area (Å²) in [5.74, 6) is 0.0652. The summed E-state index contributed by atoms with van der Waals surface area (Å²) >= 11 is 0. The van der Waals surface area contributed by atoms with Crippen LogP contribution in [0.4, 0.5) is 5.69 Å². The number of aryl methyl sites for hydroxylation is 1. The third kappa shape index (κ3) is 5.00. The molecule has 0 bridgehead atoms. The van der Waals surface area contributed by atoms with Crippen molar-refractivity contribution >= 4 is 11.6 Å². The van der Waals surface area contributed by atoms with Crippen molar-refractivity contribution in [3.63, 3.8) is 0 Å². The minimum Gasteiger partial charge on any atom is -0.326 e. The van der Waals surface area contributed by atoms with Crippen molar-refractivity contribution in [3.05, 3.63) is 29.8 Å². The third-order valence-electron chi connectivity index (χ3n) is 2.65. The third-order valence-corrected chi connectivity index (χ3v) is 2.65. The molecule has 0 aliphatic rings. The number of rotatable bonds is 6. The highest BCUT2D eigenvalue weighted by atomic mass is 16.1. The number of carbonyl (C=O) groups excluding carboxylic acids is 1. The van der Waals surface area contributed by atoms with Crippen LogP contribution in [-0.4, -0.2) is 18.5 Å². The van der Waals surface area contributed by atoms with Crippen LogP contribution in [0.3, 0.4) is 0 Å². The first kappa shape index (κ1) is 13.7. The highest BCUT2D eigenvalue weighted by Crippen LogP contribution is 2.13. The van der Waals surface area contributed by atoms with Crippen molar-refractivity contribution in [1.29, 1.82) is 0 Å². The van der Waals surface area contributed by atoms with Crippen LogP contribution in [0.2, 0.25) is 0 Å². The van der Waals surface area contributed by atoms with Gasteiger partial charge >= 0.3 is 0 Å². The summed E-state index contributed by atoms with van der Waals surface area (Å²) in [6, 6.07) is 8.04. The van der Waals surface area contributed by atoms with E-state index in [1.807, 2.05) is 38.1 Å². The lowest BCUT2D eigenvalue weighted by Gasteiger charge is -2.13. The SMILES string of the molecule is CCCNC(C)CC(=O)Nc1ccccc1C. The Balaban J connectivity index is 2.42. The van der Waals surface area contributed by atoms with E-state index in [1.54, 1.807) is 0 Å². The summed E-state index contributed by atoms with van der Waals surface area (Å²) in [4.78, 5) is 11.8. The van der Waals surface area contributed by atoms with Crippen molar-refractivity contribution < 1.29 is 4.79 Å². The molecule has 94 valence electrons. The lowest BCUT2D eigenvalue weighted by atomic mass is 10.2. The van der Waals surface area contributed by atoms with E-state index in [9.17, 15) is 4.79 Å². The Morgan fingerprint density at radius 3 is 2.71 bits per heavy atom. The number of hydrogen-bond donors (Lipinski definition) is 2. The minimum absolute atomic E-state index is 0.0652. The van der Waals surface area contributed by atoms with Gasteiger partial charge in [0.05, 0.1) is 0 Å². The molecule has 0 spiro atoms. The highest BCUT2D eigenvalue weighted by Gasteiger charge is 2.09. The molecule has 0 radical (unpaired) electrons. The monoisotopic (exact) mass is 234 g/mol. The molecule has 1 unspecified atom stereocenters. The van der Waals surface area contributed by atoms with Crippen LogP contribution >= 0.6 is 0 Å². The predicted octanol–water partition coefficient (Wildman–Crippen LogP) is 2.71. The van der Waals surface area contributed by atoms with Crippen LogP contribution in [0, 0.1) is 6.92 Å². The Morgan fingerprint density at radius 2 is 2.06 bits per heavy atom. The van der Waals surface area contributed by atoms with Gasteiger partial charge in [-0.25, -0.2) is 0 Å². The first-order valence-corrected chi connectivity index (χ1v) is 6.22. The molecule has 0 saturated carbocycles. The maximum absolute atomic E-state index is 11.8. The topological polar surface area (TPSA) is 41.1 Å². The Labute approximate surface area is 104 Å². The summed E-state index contributed by atoms with van der Waals surface area (Å²) in [7, 11) is 0. The molecule has 0 heterocycles. The molecule has 1 amide bonds. The largest absolute Gasteiger partial charge is 0.326 e. The van der Waals surface area contributed by atoms with Gasteiger partial charge in [0.15, 0.2) is 0 Å². The zero-order valence-electron chi connectivity index (χ0n) is 10.9. The van der Waals surface area contributed by atoms with Crippen molar-refractivity contribution in [2.24, 2.45) is 0 Å². The van der Waals surface area contributed by atoms with E-state index in [0.29, 0.717) is 6.42 Å². The fraction of sp³-hybridized carbons (Fsp3) is 0.500. The zero-order valence-corrected chi connectivity index (χ0v) is 10.9. The van der Waals surface area contributed by atoms with Gasteiger partial charge < -0.3 is 10.6 Å². The van der Waals surface area contributed by atoms with Gasteiger partial charge in [-0.1, -0.05) is 25.1 Å². The van der Waals surface area contributed by atoms with Crippen molar-refractivity contribution in [2.75, 3.05) is 11.9 Å².